The van der Waals surface area contributed by atoms with Gasteiger partial charge >= 0.3 is 5.97 Å². The average molecular weight is 512 g/mol. The van der Waals surface area contributed by atoms with E-state index in [9.17, 15) is 9.59 Å². The number of esters is 1. The van der Waals surface area contributed by atoms with Gasteiger partial charge < -0.3 is 14.8 Å². The molecule has 1 heterocycles. The molecule has 1 aliphatic heterocycles. The van der Waals surface area contributed by atoms with Crippen molar-refractivity contribution in [1.29, 1.82) is 0 Å². The predicted octanol–water partition coefficient (Wildman–Crippen LogP) is 6.72. The first-order valence-corrected chi connectivity index (χ1v) is 15.1. The Balaban J connectivity index is 1.28. The van der Waals surface area contributed by atoms with E-state index < -0.39 is 0 Å². The Morgan fingerprint density at radius 3 is 2.73 bits per heavy atom. The second-order valence-electron chi connectivity index (χ2n) is 13.6. The van der Waals surface area contributed by atoms with E-state index in [0.717, 1.165) is 56.4 Å². The number of carbonyl (C=O) groups is 2. The van der Waals surface area contributed by atoms with Gasteiger partial charge in [0.2, 0.25) is 5.91 Å². The second-order valence-corrected chi connectivity index (χ2v) is 13.6. The molecule has 0 aromatic heterocycles. The molecule has 206 valence electrons. The van der Waals surface area contributed by atoms with Gasteiger partial charge in [-0.25, -0.2) is 0 Å². The van der Waals surface area contributed by atoms with Gasteiger partial charge in [-0.15, -0.1) is 0 Å². The molecule has 0 aromatic carbocycles. The number of hydrogen-bond donors (Lipinski definition) is 1. The van der Waals surface area contributed by atoms with Crippen LogP contribution in [0.15, 0.2) is 23.0 Å². The lowest BCUT2D eigenvalue weighted by molar-refractivity contribution is -0.151. The van der Waals surface area contributed by atoms with Gasteiger partial charge in [0.15, 0.2) is 0 Å². The zero-order valence-corrected chi connectivity index (χ0v) is 24.0. The molecule has 5 rings (SSSR count). The molecule has 0 bridgehead atoms. The fourth-order valence-electron chi connectivity index (χ4n) is 9.38. The highest BCUT2D eigenvalue weighted by Gasteiger charge is 2.63. The summed E-state index contributed by atoms with van der Waals surface area (Å²) in [7, 11) is 0. The highest BCUT2D eigenvalue weighted by atomic mass is 16.5. The Labute approximate surface area is 224 Å². The van der Waals surface area contributed by atoms with Crippen molar-refractivity contribution in [1.82, 2.24) is 5.32 Å². The maximum atomic E-state index is 11.9. The first kappa shape index (κ1) is 26.8. The molecule has 4 aliphatic carbocycles. The van der Waals surface area contributed by atoms with E-state index in [0.29, 0.717) is 29.8 Å². The Morgan fingerprint density at radius 2 is 2.00 bits per heavy atom. The third-order valence-electron chi connectivity index (χ3n) is 11.4. The lowest BCUT2D eigenvalue weighted by Gasteiger charge is -2.58. The third kappa shape index (κ3) is 4.67. The largest absolute Gasteiger partial charge is 0.494 e. The summed E-state index contributed by atoms with van der Waals surface area (Å²) >= 11 is 0. The van der Waals surface area contributed by atoms with Crippen LogP contribution in [0.2, 0.25) is 0 Å². The highest BCUT2D eigenvalue weighted by Crippen LogP contribution is 2.69. The van der Waals surface area contributed by atoms with Crippen molar-refractivity contribution in [3.05, 3.63) is 23.0 Å². The Bertz CT molecular complexity index is 983. The molecular formula is C32H49NO4. The summed E-state index contributed by atoms with van der Waals surface area (Å²) < 4.78 is 12.5. The van der Waals surface area contributed by atoms with Crippen molar-refractivity contribution in [3.8, 4) is 0 Å². The zero-order valence-electron chi connectivity index (χ0n) is 24.0. The van der Waals surface area contributed by atoms with Gasteiger partial charge in [-0.1, -0.05) is 39.3 Å². The number of carbonyl (C=O) groups excluding carboxylic acids is 2. The lowest BCUT2D eigenvalue weighted by Crippen LogP contribution is -2.50. The van der Waals surface area contributed by atoms with Crippen molar-refractivity contribution in [2.75, 3.05) is 6.54 Å². The number of allylic oxidation sites excluding steroid dienone is 2. The summed E-state index contributed by atoms with van der Waals surface area (Å²) in [6.07, 6.45) is 13.5. The van der Waals surface area contributed by atoms with Gasteiger partial charge in [0.1, 0.15) is 12.2 Å². The number of ether oxygens (including phenoxy) is 2. The number of nitrogens with one attached hydrogen (secondary N) is 1. The van der Waals surface area contributed by atoms with Crippen molar-refractivity contribution in [2.45, 2.75) is 118 Å². The minimum Gasteiger partial charge on any atom is -0.494 e. The topological polar surface area (TPSA) is 64.6 Å². The number of amides is 1. The van der Waals surface area contributed by atoms with Crippen LogP contribution in [0, 0.1) is 40.4 Å². The van der Waals surface area contributed by atoms with Crippen LogP contribution in [0.3, 0.4) is 0 Å². The molecular weight excluding hydrogens is 462 g/mol. The highest BCUT2D eigenvalue weighted by molar-refractivity contribution is 5.72. The molecule has 0 saturated heterocycles. The Morgan fingerprint density at radius 1 is 1.22 bits per heavy atom. The summed E-state index contributed by atoms with van der Waals surface area (Å²) in [6.45, 7) is 13.9. The van der Waals surface area contributed by atoms with Gasteiger partial charge in [-0.05, 0) is 91.9 Å². The van der Waals surface area contributed by atoms with E-state index in [1.807, 2.05) is 6.92 Å². The lowest BCUT2D eigenvalue weighted by atomic mass is 9.47. The van der Waals surface area contributed by atoms with Crippen molar-refractivity contribution >= 4 is 11.9 Å². The van der Waals surface area contributed by atoms with Crippen LogP contribution in [-0.4, -0.2) is 30.6 Å². The van der Waals surface area contributed by atoms with Crippen LogP contribution in [0.1, 0.15) is 106 Å². The molecule has 5 nitrogen and oxygen atoms in total. The molecule has 3 fully saturated rings. The molecule has 3 saturated carbocycles. The van der Waals surface area contributed by atoms with Gasteiger partial charge in [-0.2, -0.15) is 0 Å². The first-order chi connectivity index (χ1) is 17.6. The van der Waals surface area contributed by atoms with E-state index in [1.165, 1.54) is 37.0 Å². The number of fused-ring (bicyclic) bond motifs is 7. The van der Waals surface area contributed by atoms with Crippen LogP contribution in [-0.2, 0) is 19.1 Å². The van der Waals surface area contributed by atoms with Gasteiger partial charge in [0, 0.05) is 38.6 Å². The maximum absolute atomic E-state index is 11.9. The molecule has 0 unspecified atom stereocenters. The van der Waals surface area contributed by atoms with E-state index in [4.69, 9.17) is 9.47 Å². The fraction of sp³-hybridized carbons (Fsp3) is 0.812. The molecule has 0 spiro atoms. The van der Waals surface area contributed by atoms with Gasteiger partial charge in [0.05, 0.1) is 5.76 Å². The minimum atomic E-state index is -0.0567. The summed E-state index contributed by atoms with van der Waals surface area (Å²) in [5.41, 5.74) is 3.67. The summed E-state index contributed by atoms with van der Waals surface area (Å²) in [5, 5.41) is 2.96. The molecule has 5 aliphatic rings. The van der Waals surface area contributed by atoms with Crippen LogP contribution in [0.5, 0.6) is 0 Å². The number of rotatable bonds is 7. The van der Waals surface area contributed by atoms with Crippen molar-refractivity contribution < 1.29 is 19.1 Å². The molecule has 0 radical (unpaired) electrons. The van der Waals surface area contributed by atoms with Crippen LogP contribution >= 0.6 is 0 Å². The Kier molecular flexibility index (Phi) is 7.30. The summed E-state index contributed by atoms with van der Waals surface area (Å²) in [4.78, 5) is 23.2. The molecule has 9 atom stereocenters. The SMILES string of the molecule is CCC(=O)O[C@@H]1CC[C@@]2(C)C(=CC[C@H]3[C@H]2CC[C@@]2(C)[C@H]3C[C@@H]3OC(CC[C@H](C)CNC(C)=O)=C(C)[C@@H]32)C1. The smallest absolute Gasteiger partial charge is 0.305 e. The normalized spacial score (nSPS) is 41.0. The zero-order chi connectivity index (χ0) is 26.5. The van der Waals surface area contributed by atoms with Gasteiger partial charge in [-0.3, -0.25) is 9.59 Å². The average Bonchev–Trinajstić information content (AvgIpc) is 3.34. The quantitative estimate of drug-likeness (QED) is 0.304. The standard InChI is InChI=1S/C32H49NO4/c1-7-29(35)36-23-12-14-31(5)22(16-23)9-10-24-25(31)13-15-32(6)26(24)17-28-30(32)20(3)27(37-28)11-8-19(2)18-33-21(4)34/h9,19,23-26,28,30H,7-8,10-18H2,1-6H3,(H,33,34)/t19-,23+,24-,25+,26-,28-,30-,31-,32-/m0/s1. The maximum Gasteiger partial charge on any atom is 0.305 e. The van der Waals surface area contributed by atoms with Crippen LogP contribution in [0.25, 0.3) is 0 Å². The monoisotopic (exact) mass is 511 g/mol. The van der Waals surface area contributed by atoms with Crippen LogP contribution < -0.4 is 5.32 Å². The third-order valence-corrected chi connectivity index (χ3v) is 11.4. The summed E-state index contributed by atoms with van der Waals surface area (Å²) in [6, 6.07) is 0. The molecule has 1 amide bonds. The van der Waals surface area contributed by atoms with Crippen molar-refractivity contribution in [3.63, 3.8) is 0 Å². The minimum absolute atomic E-state index is 0.0509. The van der Waals surface area contributed by atoms with Gasteiger partial charge in [0.25, 0.3) is 0 Å². The molecule has 1 N–H and O–H groups in total. The van der Waals surface area contributed by atoms with E-state index in [1.54, 1.807) is 12.5 Å². The van der Waals surface area contributed by atoms with E-state index in [-0.39, 0.29) is 23.4 Å². The summed E-state index contributed by atoms with van der Waals surface area (Å²) in [5.74, 6) is 4.45. The fourth-order valence-corrected chi connectivity index (χ4v) is 9.38. The van der Waals surface area contributed by atoms with Crippen LogP contribution in [0.4, 0.5) is 0 Å². The molecule has 0 aromatic rings. The number of hydrogen-bond acceptors (Lipinski definition) is 4. The molecule has 5 heteroatoms. The van der Waals surface area contributed by atoms with E-state index >= 15 is 0 Å². The van der Waals surface area contributed by atoms with E-state index in [2.05, 4.69) is 39.1 Å². The van der Waals surface area contributed by atoms with Crippen molar-refractivity contribution in [2.24, 2.45) is 40.4 Å². The molecule has 37 heavy (non-hydrogen) atoms. The predicted molar refractivity (Wildman–Crippen MR) is 145 cm³/mol. The first-order valence-electron chi connectivity index (χ1n) is 15.1. The Hall–Kier alpha value is -1.78. The second kappa shape index (κ2) is 10.1.